The zero-order valence-corrected chi connectivity index (χ0v) is 9.06. The Labute approximate surface area is 99.9 Å². The zero-order valence-electron chi connectivity index (χ0n) is 9.06. The van der Waals surface area contributed by atoms with E-state index < -0.39 is 0 Å². The maximum atomic E-state index is 12.7. The molecule has 0 saturated heterocycles. The van der Waals surface area contributed by atoms with Gasteiger partial charge in [0.05, 0.1) is 6.42 Å². The molecule has 0 aliphatic carbocycles. The minimum Gasteiger partial charge on any atom is -0.457 e. The van der Waals surface area contributed by atoms with Crippen LogP contribution in [0, 0.1) is 24.6 Å². The highest BCUT2D eigenvalue weighted by molar-refractivity contribution is 5.39. The molecule has 17 heavy (non-hydrogen) atoms. The summed E-state index contributed by atoms with van der Waals surface area (Å²) in [7, 11) is 0. The molecule has 2 aromatic carbocycles. The molecule has 0 aliphatic rings. The van der Waals surface area contributed by atoms with Crippen LogP contribution in [0.4, 0.5) is 4.39 Å². The van der Waals surface area contributed by atoms with Crippen molar-refractivity contribution in [1.29, 1.82) is 0 Å². The Morgan fingerprint density at radius 3 is 2.53 bits per heavy atom. The summed E-state index contributed by atoms with van der Waals surface area (Å²) in [5, 5.41) is 0. The molecule has 0 atom stereocenters. The molecule has 0 unspecified atom stereocenters. The minimum atomic E-state index is -0.285. The fourth-order valence-electron chi connectivity index (χ4n) is 1.40. The lowest BCUT2D eigenvalue weighted by Crippen LogP contribution is -1.86. The van der Waals surface area contributed by atoms with Crippen molar-refractivity contribution in [3.8, 4) is 23.8 Å². The highest BCUT2D eigenvalue weighted by atomic mass is 19.1. The third kappa shape index (κ3) is 3.09. The molecule has 0 aliphatic heterocycles. The van der Waals surface area contributed by atoms with Gasteiger partial charge in [-0.1, -0.05) is 18.1 Å². The van der Waals surface area contributed by atoms with Gasteiger partial charge in [0.2, 0.25) is 0 Å². The van der Waals surface area contributed by atoms with E-state index in [1.54, 1.807) is 18.6 Å². The van der Waals surface area contributed by atoms with E-state index in [2.05, 4.69) is 5.92 Å². The van der Waals surface area contributed by atoms with E-state index in [9.17, 15) is 4.39 Å². The lowest BCUT2D eigenvalue weighted by molar-refractivity contribution is 0.480. The Balaban J connectivity index is 2.16. The average molecular weight is 225 g/mol. The summed E-state index contributed by atoms with van der Waals surface area (Å²) in [5.41, 5.74) is 0.895. The molecule has 0 amide bonds. The van der Waals surface area contributed by atoms with Crippen molar-refractivity contribution in [2.24, 2.45) is 0 Å². The van der Waals surface area contributed by atoms with Crippen LogP contribution < -0.4 is 4.74 Å². The maximum absolute atomic E-state index is 12.7. The van der Waals surface area contributed by atoms with Crippen LogP contribution in [0.5, 0.6) is 11.5 Å². The Bertz CT molecular complexity index is 538. The number of benzene rings is 2. The van der Waals surface area contributed by atoms with E-state index in [0.29, 0.717) is 11.5 Å². The molecule has 2 heteroatoms. The van der Waals surface area contributed by atoms with Gasteiger partial charge < -0.3 is 4.74 Å². The zero-order chi connectivity index (χ0) is 12.1. The summed E-state index contributed by atoms with van der Waals surface area (Å²) in [5.74, 6) is 3.42. The normalized spacial score (nSPS) is 9.65. The quantitative estimate of drug-likeness (QED) is 0.722. The fourth-order valence-corrected chi connectivity index (χ4v) is 1.40. The van der Waals surface area contributed by atoms with E-state index in [0.717, 1.165) is 5.56 Å². The highest BCUT2D eigenvalue weighted by Gasteiger charge is 1.99. The minimum absolute atomic E-state index is 0.285. The standard InChI is InChI=1S/C15H10FO/c1-2-4-12-5-3-6-15(11-12)17-14-9-7-13(16)8-10-14/h1,3-11H. The van der Waals surface area contributed by atoms with Crippen molar-refractivity contribution < 1.29 is 9.13 Å². The van der Waals surface area contributed by atoms with E-state index in [1.165, 1.54) is 12.1 Å². The second-order valence-electron chi connectivity index (χ2n) is 3.44. The van der Waals surface area contributed by atoms with Crippen molar-refractivity contribution >= 4 is 0 Å². The summed E-state index contributed by atoms with van der Waals surface area (Å²) >= 11 is 0. The van der Waals surface area contributed by atoms with Crippen molar-refractivity contribution in [3.63, 3.8) is 0 Å². The third-order valence-electron chi connectivity index (χ3n) is 2.16. The van der Waals surface area contributed by atoms with Crippen LogP contribution in [-0.4, -0.2) is 0 Å². The Morgan fingerprint density at radius 2 is 1.82 bits per heavy atom. The third-order valence-corrected chi connectivity index (χ3v) is 2.16. The van der Waals surface area contributed by atoms with Crippen LogP contribution >= 0.6 is 0 Å². The predicted octanol–water partition coefficient (Wildman–Crippen LogP) is 3.80. The first kappa shape index (κ1) is 11.2. The summed E-state index contributed by atoms with van der Waals surface area (Å²) < 4.78 is 18.3. The van der Waals surface area contributed by atoms with Crippen molar-refractivity contribution in [3.05, 3.63) is 66.3 Å². The summed E-state index contributed by atoms with van der Waals surface area (Å²) in [6.07, 6.45) is 6.84. The SMILES string of the molecule is C#C[CH]c1cccc(Oc2ccc(F)cc2)c1. The number of terminal acetylenes is 1. The molecular weight excluding hydrogens is 215 g/mol. The number of halogens is 1. The molecule has 0 saturated carbocycles. The molecule has 0 fully saturated rings. The molecule has 0 bridgehead atoms. The summed E-state index contributed by atoms with van der Waals surface area (Å²) in [6, 6.07) is 13.2. The van der Waals surface area contributed by atoms with Crippen molar-refractivity contribution in [2.45, 2.75) is 0 Å². The first-order valence-corrected chi connectivity index (χ1v) is 5.11. The smallest absolute Gasteiger partial charge is 0.127 e. The fraction of sp³-hybridized carbons (Fsp3) is 0. The molecule has 0 spiro atoms. The summed E-state index contributed by atoms with van der Waals surface area (Å²) in [6.45, 7) is 0. The van der Waals surface area contributed by atoms with Gasteiger partial charge in [-0.25, -0.2) is 4.39 Å². The van der Waals surface area contributed by atoms with Crippen LogP contribution in [-0.2, 0) is 0 Å². The molecule has 0 N–H and O–H groups in total. The largest absolute Gasteiger partial charge is 0.457 e. The number of ether oxygens (including phenoxy) is 1. The van der Waals surface area contributed by atoms with E-state index >= 15 is 0 Å². The van der Waals surface area contributed by atoms with Crippen LogP contribution in [0.3, 0.4) is 0 Å². The van der Waals surface area contributed by atoms with E-state index in [1.807, 2.05) is 24.3 Å². The van der Waals surface area contributed by atoms with Crippen LogP contribution in [0.1, 0.15) is 5.56 Å². The van der Waals surface area contributed by atoms with Crippen LogP contribution in [0.15, 0.2) is 48.5 Å². The average Bonchev–Trinajstić information content (AvgIpc) is 2.33. The molecule has 1 radical (unpaired) electrons. The van der Waals surface area contributed by atoms with Gasteiger partial charge in [0.15, 0.2) is 0 Å². The second-order valence-corrected chi connectivity index (χ2v) is 3.44. The first-order valence-electron chi connectivity index (χ1n) is 5.11. The Kier molecular flexibility index (Phi) is 3.42. The van der Waals surface area contributed by atoms with Gasteiger partial charge in [-0.15, -0.1) is 6.42 Å². The van der Waals surface area contributed by atoms with Crippen molar-refractivity contribution in [2.75, 3.05) is 0 Å². The first-order chi connectivity index (χ1) is 8.28. The van der Waals surface area contributed by atoms with Gasteiger partial charge in [-0.3, -0.25) is 0 Å². The van der Waals surface area contributed by atoms with E-state index in [4.69, 9.17) is 11.2 Å². The molecule has 0 aromatic heterocycles. The second kappa shape index (κ2) is 5.18. The topological polar surface area (TPSA) is 9.23 Å². The Hall–Kier alpha value is -2.27. The lowest BCUT2D eigenvalue weighted by Gasteiger charge is -2.06. The van der Waals surface area contributed by atoms with Gasteiger partial charge >= 0.3 is 0 Å². The predicted molar refractivity (Wildman–Crippen MR) is 65.2 cm³/mol. The number of rotatable bonds is 3. The van der Waals surface area contributed by atoms with Gasteiger partial charge in [0.25, 0.3) is 0 Å². The maximum Gasteiger partial charge on any atom is 0.127 e. The highest BCUT2D eigenvalue weighted by Crippen LogP contribution is 2.22. The molecule has 2 rings (SSSR count). The number of hydrogen-bond acceptors (Lipinski definition) is 1. The molecule has 1 nitrogen and oxygen atoms in total. The van der Waals surface area contributed by atoms with Gasteiger partial charge in [0.1, 0.15) is 17.3 Å². The molecule has 0 heterocycles. The monoisotopic (exact) mass is 225 g/mol. The van der Waals surface area contributed by atoms with Gasteiger partial charge in [0, 0.05) is 0 Å². The summed E-state index contributed by atoms with van der Waals surface area (Å²) in [4.78, 5) is 0. The van der Waals surface area contributed by atoms with Crippen molar-refractivity contribution in [1.82, 2.24) is 0 Å². The number of hydrogen-bond donors (Lipinski definition) is 0. The van der Waals surface area contributed by atoms with Crippen LogP contribution in [0.25, 0.3) is 0 Å². The van der Waals surface area contributed by atoms with Gasteiger partial charge in [-0.2, -0.15) is 0 Å². The Morgan fingerprint density at radius 1 is 1.06 bits per heavy atom. The van der Waals surface area contributed by atoms with Crippen LogP contribution in [0.2, 0.25) is 0 Å². The van der Waals surface area contributed by atoms with E-state index in [-0.39, 0.29) is 5.82 Å². The molecule has 2 aromatic rings. The lowest BCUT2D eigenvalue weighted by atomic mass is 10.1. The van der Waals surface area contributed by atoms with Gasteiger partial charge in [-0.05, 0) is 42.0 Å². The molecular formula is C15H10FO. The molecule has 83 valence electrons.